The summed E-state index contributed by atoms with van der Waals surface area (Å²) in [4.78, 5) is 4.24. The molecule has 13 heavy (non-hydrogen) atoms. The van der Waals surface area contributed by atoms with Gasteiger partial charge in [-0.05, 0) is 18.1 Å². The first-order valence-corrected chi connectivity index (χ1v) is 5.36. The summed E-state index contributed by atoms with van der Waals surface area (Å²) in [6.45, 7) is 6.61. The average molecular weight is 196 g/mol. The van der Waals surface area contributed by atoms with E-state index in [1.807, 2.05) is 12.1 Å². The Labute approximate surface area is 83.9 Å². The first kappa shape index (κ1) is 10.4. The molecule has 72 valence electrons. The fourth-order valence-electron chi connectivity index (χ4n) is 0.814. The quantitative estimate of drug-likeness (QED) is 0.755. The van der Waals surface area contributed by atoms with E-state index in [1.165, 1.54) is 0 Å². The molecule has 2 N–H and O–H groups in total. The number of nitrogen functional groups attached to an aromatic ring is 1. The van der Waals surface area contributed by atoms with Gasteiger partial charge in [0.25, 0.3) is 0 Å². The van der Waals surface area contributed by atoms with Gasteiger partial charge in [-0.15, -0.1) is 11.8 Å². The average Bonchev–Trinajstić information content (AvgIpc) is 2.08. The third-order valence-electron chi connectivity index (χ3n) is 2.04. The van der Waals surface area contributed by atoms with Crippen LogP contribution in [0.2, 0.25) is 0 Å². The van der Waals surface area contributed by atoms with E-state index in [0.29, 0.717) is 11.2 Å². The highest BCUT2D eigenvalue weighted by molar-refractivity contribution is 8.00. The van der Waals surface area contributed by atoms with Gasteiger partial charge in [-0.1, -0.05) is 20.8 Å². The maximum absolute atomic E-state index is 5.79. The number of rotatable bonds is 3. The Balaban J connectivity index is 2.69. The highest BCUT2D eigenvalue weighted by Gasteiger charge is 2.10. The third kappa shape index (κ3) is 2.92. The molecule has 1 rings (SSSR count). The number of anilines is 1. The Morgan fingerprint density at radius 2 is 2.08 bits per heavy atom. The van der Waals surface area contributed by atoms with Gasteiger partial charge in [0.2, 0.25) is 0 Å². The summed E-state index contributed by atoms with van der Waals surface area (Å²) in [6, 6.07) is 3.75. The molecule has 0 spiro atoms. The van der Waals surface area contributed by atoms with Crippen LogP contribution >= 0.6 is 11.8 Å². The Morgan fingerprint density at radius 3 is 2.62 bits per heavy atom. The molecular formula is C10H16N2S. The van der Waals surface area contributed by atoms with Crippen molar-refractivity contribution < 1.29 is 0 Å². The van der Waals surface area contributed by atoms with Crippen molar-refractivity contribution in [1.82, 2.24) is 4.98 Å². The minimum Gasteiger partial charge on any atom is -0.397 e. The van der Waals surface area contributed by atoms with Gasteiger partial charge in [-0.3, -0.25) is 0 Å². The molecule has 2 nitrogen and oxygen atoms in total. The van der Waals surface area contributed by atoms with Gasteiger partial charge in [0.05, 0.1) is 5.69 Å². The molecule has 0 saturated carbocycles. The maximum atomic E-state index is 5.79. The monoisotopic (exact) mass is 196 g/mol. The summed E-state index contributed by atoms with van der Waals surface area (Å²) in [5.41, 5.74) is 6.56. The molecule has 0 aliphatic carbocycles. The minimum absolute atomic E-state index is 0.553. The molecule has 1 aromatic heterocycles. The summed E-state index contributed by atoms with van der Waals surface area (Å²) < 4.78 is 0. The summed E-state index contributed by atoms with van der Waals surface area (Å²) in [5, 5.41) is 1.50. The molecule has 0 saturated heterocycles. The maximum Gasteiger partial charge on any atom is 0.119 e. The number of thioether (sulfide) groups is 1. The van der Waals surface area contributed by atoms with Gasteiger partial charge in [0.15, 0.2) is 0 Å². The molecule has 0 aliphatic heterocycles. The highest BCUT2D eigenvalue weighted by atomic mass is 32.2. The first-order chi connectivity index (χ1) is 6.11. The lowest BCUT2D eigenvalue weighted by Gasteiger charge is -2.14. The Kier molecular flexibility index (Phi) is 3.60. The second-order valence-corrected chi connectivity index (χ2v) is 4.83. The fourth-order valence-corrected chi connectivity index (χ4v) is 1.76. The largest absolute Gasteiger partial charge is 0.397 e. The van der Waals surface area contributed by atoms with Crippen molar-refractivity contribution in [2.45, 2.75) is 31.0 Å². The van der Waals surface area contributed by atoms with E-state index in [2.05, 4.69) is 25.8 Å². The molecule has 1 atom stereocenters. The fraction of sp³-hybridized carbons (Fsp3) is 0.500. The predicted octanol–water partition coefficient (Wildman–Crippen LogP) is 2.80. The Hall–Kier alpha value is -0.700. The van der Waals surface area contributed by atoms with Crippen LogP contribution in [-0.4, -0.2) is 10.2 Å². The zero-order chi connectivity index (χ0) is 9.84. The number of aromatic nitrogens is 1. The molecule has 3 heteroatoms. The van der Waals surface area contributed by atoms with Crippen LogP contribution in [0, 0.1) is 5.92 Å². The van der Waals surface area contributed by atoms with Crippen LogP contribution in [0.5, 0.6) is 0 Å². The van der Waals surface area contributed by atoms with E-state index in [1.54, 1.807) is 18.0 Å². The van der Waals surface area contributed by atoms with Crippen LogP contribution in [0.25, 0.3) is 0 Å². The summed E-state index contributed by atoms with van der Waals surface area (Å²) >= 11 is 1.74. The second-order valence-electron chi connectivity index (χ2n) is 3.46. The summed E-state index contributed by atoms with van der Waals surface area (Å²) in [5.74, 6) is 0.645. The topological polar surface area (TPSA) is 38.9 Å². The van der Waals surface area contributed by atoms with Crippen molar-refractivity contribution in [3.8, 4) is 0 Å². The number of nitrogens with two attached hydrogens (primary N) is 1. The van der Waals surface area contributed by atoms with Crippen molar-refractivity contribution in [3.63, 3.8) is 0 Å². The van der Waals surface area contributed by atoms with E-state index in [4.69, 9.17) is 5.73 Å². The van der Waals surface area contributed by atoms with E-state index in [-0.39, 0.29) is 0 Å². The lowest BCUT2D eigenvalue weighted by molar-refractivity contribution is 0.641. The SMILES string of the molecule is CC(C)C(C)Sc1ncccc1N. The van der Waals surface area contributed by atoms with Crippen LogP contribution in [0.4, 0.5) is 5.69 Å². The molecule has 0 aromatic carbocycles. The minimum atomic E-state index is 0.553. The van der Waals surface area contributed by atoms with Crippen LogP contribution in [0.1, 0.15) is 20.8 Å². The highest BCUT2D eigenvalue weighted by Crippen LogP contribution is 2.29. The van der Waals surface area contributed by atoms with Crippen LogP contribution < -0.4 is 5.73 Å². The Bertz CT molecular complexity index is 273. The van der Waals surface area contributed by atoms with Gasteiger partial charge in [-0.25, -0.2) is 4.98 Å². The van der Waals surface area contributed by atoms with Crippen molar-refractivity contribution in [1.29, 1.82) is 0 Å². The molecule has 1 unspecified atom stereocenters. The summed E-state index contributed by atoms with van der Waals surface area (Å²) in [6.07, 6.45) is 1.78. The molecule has 0 amide bonds. The van der Waals surface area contributed by atoms with E-state index >= 15 is 0 Å². The van der Waals surface area contributed by atoms with Crippen molar-refractivity contribution >= 4 is 17.4 Å². The van der Waals surface area contributed by atoms with Gasteiger partial charge in [-0.2, -0.15) is 0 Å². The first-order valence-electron chi connectivity index (χ1n) is 4.48. The third-order valence-corrected chi connectivity index (χ3v) is 3.52. The Morgan fingerprint density at radius 1 is 1.38 bits per heavy atom. The molecule has 0 aliphatic rings. The molecule has 0 bridgehead atoms. The van der Waals surface area contributed by atoms with E-state index in [0.717, 1.165) is 10.7 Å². The lowest BCUT2D eigenvalue weighted by Crippen LogP contribution is -2.06. The zero-order valence-electron chi connectivity index (χ0n) is 8.32. The normalized spacial score (nSPS) is 13.2. The molecule has 1 heterocycles. The molecular weight excluding hydrogens is 180 g/mol. The molecule has 0 fully saturated rings. The van der Waals surface area contributed by atoms with Crippen molar-refractivity contribution in [2.75, 3.05) is 5.73 Å². The standard InChI is InChI=1S/C10H16N2S/c1-7(2)8(3)13-10-9(11)5-4-6-12-10/h4-8H,11H2,1-3H3. The lowest BCUT2D eigenvalue weighted by atomic mass is 10.2. The van der Waals surface area contributed by atoms with Crippen LogP contribution in [-0.2, 0) is 0 Å². The van der Waals surface area contributed by atoms with E-state index in [9.17, 15) is 0 Å². The van der Waals surface area contributed by atoms with Crippen LogP contribution in [0.3, 0.4) is 0 Å². The number of hydrogen-bond acceptors (Lipinski definition) is 3. The van der Waals surface area contributed by atoms with Crippen molar-refractivity contribution in [3.05, 3.63) is 18.3 Å². The van der Waals surface area contributed by atoms with Gasteiger partial charge in [0.1, 0.15) is 5.03 Å². The molecule has 0 radical (unpaired) electrons. The van der Waals surface area contributed by atoms with Crippen LogP contribution in [0.15, 0.2) is 23.4 Å². The zero-order valence-corrected chi connectivity index (χ0v) is 9.14. The van der Waals surface area contributed by atoms with Gasteiger partial charge in [0, 0.05) is 11.4 Å². The summed E-state index contributed by atoms with van der Waals surface area (Å²) in [7, 11) is 0. The number of nitrogens with zero attached hydrogens (tertiary/aromatic N) is 1. The number of pyridine rings is 1. The second kappa shape index (κ2) is 4.51. The molecule has 1 aromatic rings. The van der Waals surface area contributed by atoms with E-state index < -0.39 is 0 Å². The number of hydrogen-bond donors (Lipinski definition) is 1. The smallest absolute Gasteiger partial charge is 0.119 e. The predicted molar refractivity (Wildman–Crippen MR) is 58.8 cm³/mol. The van der Waals surface area contributed by atoms with Gasteiger partial charge < -0.3 is 5.73 Å². The van der Waals surface area contributed by atoms with Gasteiger partial charge >= 0.3 is 0 Å². The van der Waals surface area contributed by atoms with Crippen molar-refractivity contribution in [2.24, 2.45) is 5.92 Å².